The number of nitrogens with one attached hydrogen (secondary N) is 2. The molecule has 17 heteroatoms. The number of ether oxygens (including phenoxy) is 2. The number of hydrogen-bond donors (Lipinski definition) is 2. The van der Waals surface area contributed by atoms with Crippen LogP contribution in [0.1, 0.15) is 100 Å². The summed E-state index contributed by atoms with van der Waals surface area (Å²) in [6.45, 7) is 12.5. The Morgan fingerprint density at radius 3 is 2.25 bits per heavy atom. The number of unbranched alkanes of at least 4 members (excludes halogenated alkanes) is 2. The quantitative estimate of drug-likeness (QED) is 0.0603. The lowest BCUT2D eigenvalue weighted by Gasteiger charge is -2.37. The molecule has 68 heavy (non-hydrogen) atoms. The van der Waals surface area contributed by atoms with Gasteiger partial charge in [-0.2, -0.15) is 23.7 Å². The van der Waals surface area contributed by atoms with Gasteiger partial charge in [0.25, 0.3) is 5.91 Å². The smallest absolute Gasteiger partial charge is 0.417 e. The van der Waals surface area contributed by atoms with Crippen molar-refractivity contribution in [2.75, 3.05) is 36.2 Å². The molecule has 10 nitrogen and oxygen atoms in total. The Balaban J connectivity index is 0.973. The van der Waals surface area contributed by atoms with Crippen LogP contribution in [0, 0.1) is 46.6 Å². The lowest BCUT2D eigenvalue weighted by molar-refractivity contribution is -0.137. The molecule has 4 aromatic rings. The molecule has 4 aromatic carbocycles. The number of halogens is 6. The van der Waals surface area contributed by atoms with Crippen molar-refractivity contribution < 1.29 is 41.0 Å². The molecule has 0 aromatic heterocycles. The SMILES string of the molecule is Cc1ccc([C@@]2(C#N)[C@H](CC(C)(C)C)NC(C(=O)NCCCOCCCCCOc3ccc(N4C(=S)N(c5ccc(C#N)c(C(F)(F)F)c5)C(=O)C4(C)C)cc3)[C@@H]2c2cccc(Cl)c2F)c(F)c1. The predicted octanol–water partition coefficient (Wildman–Crippen LogP) is 10.8. The van der Waals surface area contributed by atoms with E-state index in [2.05, 4.69) is 16.7 Å². The molecule has 2 fully saturated rings. The molecule has 0 saturated carbocycles. The van der Waals surface area contributed by atoms with Gasteiger partial charge in [0.05, 0.1) is 46.6 Å². The van der Waals surface area contributed by atoms with Gasteiger partial charge < -0.3 is 25.0 Å². The second kappa shape index (κ2) is 20.9. The van der Waals surface area contributed by atoms with E-state index in [4.69, 9.17) is 33.3 Å². The van der Waals surface area contributed by atoms with Crippen LogP contribution in [0.2, 0.25) is 5.02 Å². The first-order valence-electron chi connectivity index (χ1n) is 22.3. The second-order valence-corrected chi connectivity index (χ2v) is 19.6. The number of alkyl halides is 3. The first-order valence-corrected chi connectivity index (χ1v) is 23.1. The summed E-state index contributed by atoms with van der Waals surface area (Å²) < 4.78 is 84.9. The fraction of sp³-hybridized carbons (Fsp3) is 0.431. The zero-order valence-electron chi connectivity index (χ0n) is 38.7. The molecular formula is C51H54ClF5N6O4S. The van der Waals surface area contributed by atoms with Crippen molar-refractivity contribution in [3.63, 3.8) is 0 Å². The van der Waals surface area contributed by atoms with E-state index in [1.807, 2.05) is 20.8 Å². The third-order valence-electron chi connectivity index (χ3n) is 12.3. The van der Waals surface area contributed by atoms with Gasteiger partial charge in [-0.3, -0.25) is 14.5 Å². The average Bonchev–Trinajstić information content (AvgIpc) is 3.68. The van der Waals surface area contributed by atoms with Crippen LogP contribution in [0.15, 0.2) is 78.9 Å². The minimum atomic E-state index is -4.81. The summed E-state index contributed by atoms with van der Waals surface area (Å²) in [5.74, 6) is -2.91. The number of thiocarbonyl (C=S) groups is 1. The van der Waals surface area contributed by atoms with E-state index >= 15 is 8.78 Å². The topological polar surface area (TPSA) is 131 Å². The highest BCUT2D eigenvalue weighted by molar-refractivity contribution is 7.81. The minimum absolute atomic E-state index is 0.00828. The number of amides is 2. The van der Waals surface area contributed by atoms with Crippen molar-refractivity contribution in [2.45, 2.75) is 109 Å². The fourth-order valence-corrected chi connectivity index (χ4v) is 9.81. The molecule has 360 valence electrons. The number of nitriles is 2. The first-order chi connectivity index (χ1) is 32.1. The molecule has 2 aliphatic heterocycles. The van der Waals surface area contributed by atoms with Gasteiger partial charge in [-0.15, -0.1) is 0 Å². The highest BCUT2D eigenvalue weighted by Crippen LogP contribution is 2.53. The summed E-state index contributed by atoms with van der Waals surface area (Å²) in [6.07, 6.45) is -1.65. The van der Waals surface area contributed by atoms with Crippen LogP contribution < -0.4 is 25.2 Å². The maximum absolute atomic E-state index is 16.0. The van der Waals surface area contributed by atoms with Gasteiger partial charge in [-0.05, 0) is 136 Å². The summed E-state index contributed by atoms with van der Waals surface area (Å²) in [5.41, 5.74) is -3.73. The van der Waals surface area contributed by atoms with E-state index in [9.17, 15) is 33.3 Å². The predicted molar refractivity (Wildman–Crippen MR) is 254 cm³/mol. The van der Waals surface area contributed by atoms with E-state index in [-0.39, 0.29) is 38.9 Å². The van der Waals surface area contributed by atoms with Gasteiger partial charge >= 0.3 is 6.18 Å². The van der Waals surface area contributed by atoms with Crippen LogP contribution in [0.3, 0.4) is 0 Å². The fourth-order valence-electron chi connectivity index (χ4n) is 9.11. The maximum Gasteiger partial charge on any atom is 0.417 e. The number of carbonyl (C=O) groups is 2. The molecule has 1 unspecified atom stereocenters. The zero-order chi connectivity index (χ0) is 49.8. The molecular weight excluding hydrogens is 923 g/mol. The highest BCUT2D eigenvalue weighted by atomic mass is 35.5. The summed E-state index contributed by atoms with van der Waals surface area (Å²) in [6, 6.07) is 21.1. The normalized spacial score (nSPS) is 20.4. The largest absolute Gasteiger partial charge is 0.494 e. The zero-order valence-corrected chi connectivity index (χ0v) is 40.3. The van der Waals surface area contributed by atoms with Gasteiger partial charge in [0, 0.05) is 43.0 Å². The second-order valence-electron chi connectivity index (χ2n) is 18.9. The Kier molecular flexibility index (Phi) is 15.9. The Labute approximate surface area is 404 Å². The van der Waals surface area contributed by atoms with E-state index in [0.29, 0.717) is 49.7 Å². The van der Waals surface area contributed by atoms with Crippen molar-refractivity contribution >= 4 is 52.1 Å². The maximum atomic E-state index is 16.0. The lowest BCUT2D eigenvalue weighted by Crippen LogP contribution is -2.46. The molecule has 2 aliphatic rings. The van der Waals surface area contributed by atoms with Gasteiger partial charge in [0.15, 0.2) is 5.11 Å². The van der Waals surface area contributed by atoms with Crippen LogP contribution in [0.4, 0.5) is 33.3 Å². The van der Waals surface area contributed by atoms with Gasteiger partial charge in [0.1, 0.15) is 28.3 Å². The van der Waals surface area contributed by atoms with Crippen molar-refractivity contribution in [3.05, 3.63) is 123 Å². The molecule has 2 N–H and O–H groups in total. The number of anilines is 2. The summed E-state index contributed by atoms with van der Waals surface area (Å²) in [5, 5.41) is 26.4. The molecule has 0 bridgehead atoms. The third-order valence-corrected chi connectivity index (χ3v) is 13.0. The Hall–Kier alpha value is -5.65. The van der Waals surface area contributed by atoms with Crippen molar-refractivity contribution in [2.24, 2.45) is 5.41 Å². The lowest BCUT2D eigenvalue weighted by atomic mass is 9.62. The minimum Gasteiger partial charge on any atom is -0.494 e. The van der Waals surface area contributed by atoms with E-state index in [0.717, 1.165) is 36.3 Å². The number of aryl methyl sites for hydroxylation is 1. The van der Waals surface area contributed by atoms with Crippen molar-refractivity contribution in [1.29, 1.82) is 10.5 Å². The number of carbonyl (C=O) groups excluding carboxylic acids is 2. The number of benzene rings is 4. The van der Waals surface area contributed by atoms with Crippen LogP contribution in [0.5, 0.6) is 5.75 Å². The third kappa shape index (κ3) is 10.8. The Morgan fingerprint density at radius 1 is 0.926 bits per heavy atom. The summed E-state index contributed by atoms with van der Waals surface area (Å²) >= 11 is 11.9. The highest BCUT2D eigenvalue weighted by Gasteiger charge is 2.61. The molecule has 2 amide bonds. The molecule has 0 radical (unpaired) electrons. The monoisotopic (exact) mass is 976 g/mol. The standard InChI is InChI=1S/C51H54ClF5N6O4S/c1-31-14-21-37(40(53)26-31)50(30-59)41(28-48(2,3)4)61-44(42(50)36-12-10-13-39(52)43(36)54)45(64)60-22-11-24-66-23-8-7-9-25-67-35-19-17-33(18-20-35)63-47(68)62(46(65)49(63,5)6)34-16-15-32(29-58)38(27-34)51(55,56)57/h10,12-21,26-27,41-42,44,61H,7-9,11,22-25,28H2,1-6H3,(H,60,64)/t41-,42-,44?,50-/m0/s1. The van der Waals surface area contributed by atoms with Gasteiger partial charge in [-0.1, -0.05) is 56.6 Å². The Bertz CT molecular complexity index is 2610. The summed E-state index contributed by atoms with van der Waals surface area (Å²) in [7, 11) is 0. The molecule has 0 spiro atoms. The average molecular weight is 978 g/mol. The molecule has 2 saturated heterocycles. The summed E-state index contributed by atoms with van der Waals surface area (Å²) in [4.78, 5) is 30.2. The van der Waals surface area contributed by atoms with Crippen LogP contribution in [-0.2, 0) is 25.9 Å². The van der Waals surface area contributed by atoms with Crippen molar-refractivity contribution in [3.8, 4) is 17.9 Å². The van der Waals surface area contributed by atoms with Gasteiger partial charge in [-0.25, -0.2) is 8.78 Å². The first kappa shape index (κ1) is 51.7. The van der Waals surface area contributed by atoms with Crippen molar-refractivity contribution in [1.82, 2.24) is 10.6 Å². The molecule has 2 heterocycles. The number of hydrogen-bond acceptors (Lipinski definition) is 8. The molecule has 6 rings (SSSR count). The number of rotatable bonds is 17. The van der Waals surface area contributed by atoms with Crippen LogP contribution in [0.25, 0.3) is 0 Å². The van der Waals surface area contributed by atoms with Gasteiger partial charge in [0.2, 0.25) is 5.91 Å². The van der Waals surface area contributed by atoms with Crippen LogP contribution >= 0.6 is 23.8 Å². The number of nitrogens with zero attached hydrogens (tertiary/aromatic N) is 4. The van der Waals surface area contributed by atoms with E-state index in [1.165, 1.54) is 24.3 Å². The van der Waals surface area contributed by atoms with E-state index in [1.54, 1.807) is 74.2 Å². The van der Waals surface area contributed by atoms with E-state index < -0.39 is 69.7 Å². The molecule has 4 atom stereocenters. The Morgan fingerprint density at radius 2 is 1.60 bits per heavy atom. The van der Waals surface area contributed by atoms with Crippen LogP contribution in [-0.4, -0.2) is 60.9 Å². The molecule has 0 aliphatic carbocycles.